The highest BCUT2D eigenvalue weighted by Crippen LogP contribution is 2.30. The topological polar surface area (TPSA) is 20.9 Å². The summed E-state index contributed by atoms with van der Waals surface area (Å²) in [6.07, 6.45) is -3.38. The molecule has 1 aromatic heterocycles. The van der Waals surface area contributed by atoms with Crippen LogP contribution in [0, 0.1) is 116 Å². The number of benzene rings is 5. The molecule has 5 aromatic carbocycles. The molecular weight excluding hydrogens is 909 g/mol. The van der Waals surface area contributed by atoms with Crippen molar-refractivity contribution in [3.05, 3.63) is 182 Å². The summed E-state index contributed by atoms with van der Waals surface area (Å²) in [6.45, 7) is 0.816. The van der Waals surface area contributed by atoms with E-state index in [2.05, 4.69) is 24.8 Å². The highest BCUT2D eigenvalue weighted by molar-refractivity contribution is 7.81. The first-order valence-corrected chi connectivity index (χ1v) is 17.0. The summed E-state index contributed by atoms with van der Waals surface area (Å²) in [6, 6.07) is 13.9. The lowest BCUT2D eigenvalue weighted by Gasteiger charge is -2.44. The summed E-state index contributed by atoms with van der Waals surface area (Å²) in [7, 11) is 0. The molecule has 0 aliphatic heterocycles. The van der Waals surface area contributed by atoms with Gasteiger partial charge in [0, 0.05) is 23.3 Å². The Hall–Kier alpha value is -6.07. The predicted octanol–water partition coefficient (Wildman–Crippen LogP) is 7.98. The molecule has 0 aliphatic carbocycles. The lowest BCUT2D eigenvalue weighted by Crippen LogP contribution is -2.81. The Morgan fingerprint density at radius 2 is 0.629 bits per heavy atom. The monoisotopic (exact) mass is 923 g/mol. The highest BCUT2D eigenvalue weighted by atomic mass is 32.1. The summed E-state index contributed by atoms with van der Waals surface area (Å²) in [4.78, 5) is 11.4. The predicted molar refractivity (Wildman–Crippen MR) is 180 cm³/mol. The molecule has 326 valence electrons. The van der Waals surface area contributed by atoms with Gasteiger partial charge in [0.1, 0.15) is 52.7 Å². The maximum Gasteiger partial charge on any atom is 0.200 e. The van der Waals surface area contributed by atoms with Crippen LogP contribution in [-0.2, 0) is 6.54 Å². The van der Waals surface area contributed by atoms with Crippen LogP contribution in [0.4, 0.5) is 87.8 Å². The van der Waals surface area contributed by atoms with Crippen molar-refractivity contribution in [3.63, 3.8) is 0 Å². The molecule has 0 fully saturated rings. The molecule has 0 saturated carbocycles. The smallest absolute Gasteiger partial charge is 0.200 e. The summed E-state index contributed by atoms with van der Waals surface area (Å²) in [5.74, 6) is -71.1. The largest absolute Gasteiger partial charge is 0.293 e. The van der Waals surface area contributed by atoms with Crippen molar-refractivity contribution in [2.45, 2.75) is 6.54 Å². The van der Waals surface area contributed by atoms with E-state index in [-0.39, 0.29) is 11.5 Å². The van der Waals surface area contributed by atoms with Crippen LogP contribution in [0.2, 0.25) is 0 Å². The number of aromatic nitrogens is 1. The number of hydrogen-bond donors (Lipinski definition) is 1. The first-order chi connectivity index (χ1) is 29.0. The van der Waals surface area contributed by atoms with Crippen LogP contribution in [0.25, 0.3) is 0 Å². The third-order valence-electron chi connectivity index (χ3n) is 9.27. The van der Waals surface area contributed by atoms with E-state index in [9.17, 15) is 57.5 Å². The Morgan fingerprint density at radius 1 is 0.387 bits per heavy atom. The van der Waals surface area contributed by atoms with Crippen LogP contribution in [0.3, 0.4) is 0 Å². The number of ketones is 1. The van der Waals surface area contributed by atoms with E-state index in [1.807, 2.05) is 47.3 Å². The lowest BCUT2D eigenvalue weighted by atomic mass is 9.12. The fourth-order valence-electron chi connectivity index (χ4n) is 6.51. The Labute approximate surface area is 338 Å². The quantitative estimate of drug-likeness (QED) is 0.0313. The summed E-state index contributed by atoms with van der Waals surface area (Å²) in [5.41, 5.74) is -12.4. The molecular formula is C38H14BF20NOS. The normalized spacial score (nSPS) is 11.5. The second kappa shape index (κ2) is 17.7. The van der Waals surface area contributed by atoms with E-state index in [1.54, 1.807) is 0 Å². The molecule has 0 aliphatic rings. The van der Waals surface area contributed by atoms with Gasteiger partial charge < -0.3 is 0 Å². The number of pyridine rings is 1. The molecule has 0 bridgehead atoms. The molecule has 0 N–H and O–H groups in total. The number of carbonyl (C=O) groups is 1. The van der Waals surface area contributed by atoms with Gasteiger partial charge in [0.15, 0.2) is 94.5 Å². The Morgan fingerprint density at radius 3 is 0.871 bits per heavy atom. The van der Waals surface area contributed by atoms with Gasteiger partial charge in [-0.25, -0.2) is 92.4 Å². The minimum Gasteiger partial charge on any atom is -0.293 e. The first kappa shape index (κ1) is 47.0. The van der Waals surface area contributed by atoms with Gasteiger partial charge >= 0.3 is 0 Å². The molecule has 0 saturated heterocycles. The van der Waals surface area contributed by atoms with Gasteiger partial charge in [-0.1, -0.05) is 30.3 Å². The average Bonchev–Trinajstić information content (AvgIpc) is 3.26. The van der Waals surface area contributed by atoms with Crippen LogP contribution in [0.15, 0.2) is 54.9 Å². The maximum atomic E-state index is 15.4. The summed E-state index contributed by atoms with van der Waals surface area (Å²) < 4.78 is 296. The van der Waals surface area contributed by atoms with Gasteiger partial charge in [-0.3, -0.25) is 4.79 Å². The van der Waals surface area contributed by atoms with Crippen LogP contribution in [0.5, 0.6) is 0 Å². The van der Waals surface area contributed by atoms with Gasteiger partial charge in [-0.2, -0.15) is 12.6 Å². The molecule has 1 heterocycles. The molecule has 2 nitrogen and oxygen atoms in total. The molecule has 24 heteroatoms. The standard InChI is InChI=1S/C24BF20.C14H13NOS/c26-5-1(6(27)14(35)21(42)13(5)34)25(2-7(28)15(36)22(43)16(37)8(2)29,3-9(30)17(38)23(44)18(39)10(3)31)4-11(32)19(40)24(45)20(41)12(4)33;16-14(11-17)13-6-8-15(9-7-13)10-12-4-2-1-3-5-12/h;1-9H,10-11H2/q-1;/p+1. The van der Waals surface area contributed by atoms with E-state index in [0.717, 1.165) is 6.54 Å². The van der Waals surface area contributed by atoms with Gasteiger partial charge in [0.25, 0.3) is 0 Å². The van der Waals surface area contributed by atoms with E-state index < -0.39 is 144 Å². The van der Waals surface area contributed by atoms with Gasteiger partial charge in [-0.15, -0.1) is 21.9 Å². The van der Waals surface area contributed by atoms with Crippen LogP contribution < -0.4 is 26.4 Å². The number of rotatable bonds is 8. The minimum atomic E-state index is -7.22. The zero-order valence-corrected chi connectivity index (χ0v) is 30.4. The Kier molecular flexibility index (Phi) is 13.4. The number of hydrogen-bond acceptors (Lipinski definition) is 2. The van der Waals surface area contributed by atoms with E-state index >= 15 is 35.1 Å². The Balaban J connectivity index is 0.000000355. The van der Waals surface area contributed by atoms with E-state index in [4.69, 9.17) is 0 Å². The third kappa shape index (κ3) is 7.50. The van der Waals surface area contributed by atoms with Crippen molar-refractivity contribution in [3.8, 4) is 0 Å². The number of carbonyl (C=O) groups excluding carboxylic acids is 1. The summed E-state index contributed by atoms with van der Waals surface area (Å²) >= 11 is 3.98. The average molecular weight is 923 g/mol. The van der Waals surface area contributed by atoms with Crippen molar-refractivity contribution in [2.75, 3.05) is 5.75 Å². The minimum absolute atomic E-state index is 0.0557. The van der Waals surface area contributed by atoms with Gasteiger partial charge in [0.2, 0.25) is 0 Å². The van der Waals surface area contributed by atoms with E-state index in [1.165, 1.54) is 5.56 Å². The van der Waals surface area contributed by atoms with E-state index in [0.29, 0.717) is 5.56 Å². The third-order valence-corrected chi connectivity index (χ3v) is 9.56. The van der Waals surface area contributed by atoms with Crippen LogP contribution in [0.1, 0.15) is 15.9 Å². The SMILES string of the molecule is Fc1c(F)c(F)c([B-](c2c(F)c(F)c(F)c(F)c2F)(c2c(F)c(F)c(F)c(F)c2F)c2c(F)c(F)c(F)c(F)c2F)c(F)c1F.O=C(CS)c1cc[n+](Cc2ccccc2)cc1. The van der Waals surface area contributed by atoms with Gasteiger partial charge in [-0.05, 0) is 0 Å². The molecule has 62 heavy (non-hydrogen) atoms. The molecule has 0 spiro atoms. The first-order valence-electron chi connectivity index (χ1n) is 16.4. The fourth-order valence-corrected chi connectivity index (χ4v) is 6.69. The zero-order valence-electron chi connectivity index (χ0n) is 29.5. The number of halogens is 20. The molecule has 0 radical (unpaired) electrons. The van der Waals surface area contributed by atoms with Gasteiger partial charge in [0.05, 0.1) is 5.75 Å². The van der Waals surface area contributed by atoms with Crippen molar-refractivity contribution in [1.82, 2.24) is 0 Å². The van der Waals surface area contributed by atoms with Crippen molar-refractivity contribution >= 4 is 46.4 Å². The zero-order chi connectivity index (χ0) is 46.4. The number of thiol groups is 1. The lowest BCUT2D eigenvalue weighted by molar-refractivity contribution is -0.688. The molecule has 0 amide bonds. The highest BCUT2D eigenvalue weighted by Gasteiger charge is 2.52. The molecule has 0 unspecified atom stereocenters. The molecule has 6 aromatic rings. The second-order valence-corrected chi connectivity index (χ2v) is 12.9. The van der Waals surface area contributed by atoms with Crippen LogP contribution >= 0.6 is 12.6 Å². The fraction of sp³-hybridized carbons (Fsp3) is 0.0526. The van der Waals surface area contributed by atoms with Crippen molar-refractivity contribution in [2.24, 2.45) is 0 Å². The molecule has 0 atom stereocenters. The molecule has 6 rings (SSSR count). The summed E-state index contributed by atoms with van der Waals surface area (Å²) in [5, 5.41) is 0. The Bertz CT molecular complexity index is 2390. The second-order valence-electron chi connectivity index (χ2n) is 12.6. The van der Waals surface area contributed by atoms with Crippen molar-refractivity contribution in [1.29, 1.82) is 0 Å². The maximum absolute atomic E-state index is 15.4. The number of nitrogens with zero attached hydrogens (tertiary/aromatic N) is 1. The van der Waals surface area contributed by atoms with Crippen LogP contribution in [-0.4, -0.2) is 17.7 Å². The number of Topliss-reactive ketones (excluding diaryl/α,β-unsaturated/α-hetero) is 1. The van der Waals surface area contributed by atoms with Crippen molar-refractivity contribution < 1.29 is 97.2 Å².